The Kier molecular flexibility index (Phi) is 6.24. The maximum atomic E-state index is 13.2. The standard InChI is InChI=1S/C16H8F6O4S2/c17-15(18,19)9-5-1-3-7(13(23)24)11(9)27-28-12-8(14(25)26)4-2-6-10(12)16(20,21)22/h1-6H,(H,23,24)(H,25,26). The molecule has 0 saturated carbocycles. The van der Waals surface area contributed by atoms with E-state index in [1.807, 2.05) is 0 Å². The van der Waals surface area contributed by atoms with Gasteiger partial charge in [0.05, 0.1) is 22.3 Å². The number of aromatic carboxylic acids is 2. The van der Waals surface area contributed by atoms with Crippen molar-refractivity contribution in [3.63, 3.8) is 0 Å². The van der Waals surface area contributed by atoms with E-state index in [9.17, 15) is 35.9 Å². The van der Waals surface area contributed by atoms with E-state index < -0.39 is 56.3 Å². The summed E-state index contributed by atoms with van der Waals surface area (Å²) in [6.45, 7) is 0. The lowest BCUT2D eigenvalue weighted by molar-refractivity contribution is -0.140. The first kappa shape index (κ1) is 22.0. The van der Waals surface area contributed by atoms with Gasteiger partial charge >= 0.3 is 24.3 Å². The summed E-state index contributed by atoms with van der Waals surface area (Å²) in [6, 6.07) is 4.62. The van der Waals surface area contributed by atoms with Gasteiger partial charge in [-0.25, -0.2) is 9.59 Å². The fraction of sp³-hybridized carbons (Fsp3) is 0.125. The van der Waals surface area contributed by atoms with E-state index in [0.717, 1.165) is 24.3 Å². The third-order valence-corrected chi connectivity index (χ3v) is 5.86. The van der Waals surface area contributed by atoms with Crippen molar-refractivity contribution in [3.8, 4) is 0 Å². The number of hydrogen-bond donors (Lipinski definition) is 2. The number of halogens is 6. The predicted octanol–water partition coefficient (Wildman–Crippen LogP) is 5.92. The summed E-state index contributed by atoms with van der Waals surface area (Å²) in [7, 11) is 0.193. The van der Waals surface area contributed by atoms with Gasteiger partial charge in [-0.15, -0.1) is 0 Å². The minimum Gasteiger partial charge on any atom is -0.478 e. The molecular weight excluding hydrogens is 434 g/mol. The molecule has 0 atom stereocenters. The topological polar surface area (TPSA) is 74.6 Å². The number of carboxylic acid groups (broad SMARTS) is 2. The second kappa shape index (κ2) is 7.95. The van der Waals surface area contributed by atoms with Crippen LogP contribution in [0.1, 0.15) is 31.8 Å². The molecule has 2 aromatic carbocycles. The van der Waals surface area contributed by atoms with Gasteiger partial charge in [0.15, 0.2) is 0 Å². The van der Waals surface area contributed by atoms with E-state index in [1.165, 1.54) is 0 Å². The van der Waals surface area contributed by atoms with Crippen molar-refractivity contribution in [1.82, 2.24) is 0 Å². The smallest absolute Gasteiger partial charge is 0.417 e. The molecular formula is C16H8F6O4S2. The minimum absolute atomic E-state index is 0.0963. The average molecular weight is 442 g/mol. The highest BCUT2D eigenvalue weighted by molar-refractivity contribution is 8.76. The first-order chi connectivity index (χ1) is 12.8. The molecule has 2 N–H and O–H groups in total. The molecule has 0 radical (unpaired) electrons. The number of alkyl halides is 6. The first-order valence-corrected chi connectivity index (χ1v) is 9.20. The zero-order chi connectivity index (χ0) is 21.3. The third-order valence-electron chi connectivity index (χ3n) is 3.31. The molecule has 4 nitrogen and oxygen atoms in total. The van der Waals surface area contributed by atoms with Crippen molar-refractivity contribution < 1.29 is 46.1 Å². The average Bonchev–Trinajstić information content (AvgIpc) is 2.57. The fourth-order valence-corrected chi connectivity index (χ4v) is 4.90. The van der Waals surface area contributed by atoms with E-state index in [1.54, 1.807) is 0 Å². The van der Waals surface area contributed by atoms with E-state index in [-0.39, 0.29) is 21.6 Å². The van der Waals surface area contributed by atoms with Crippen LogP contribution >= 0.6 is 21.6 Å². The Hall–Kier alpha value is -2.34. The Morgan fingerprint density at radius 3 is 1.25 bits per heavy atom. The Morgan fingerprint density at radius 1 is 0.679 bits per heavy atom. The van der Waals surface area contributed by atoms with Crippen LogP contribution in [0, 0.1) is 0 Å². The van der Waals surface area contributed by atoms with Crippen molar-refractivity contribution in [2.45, 2.75) is 22.1 Å². The maximum Gasteiger partial charge on any atom is 0.417 e. The van der Waals surface area contributed by atoms with Gasteiger partial charge in [-0.05, 0) is 24.3 Å². The van der Waals surface area contributed by atoms with Gasteiger partial charge in [-0.1, -0.05) is 33.7 Å². The van der Waals surface area contributed by atoms with Crippen molar-refractivity contribution in [2.24, 2.45) is 0 Å². The Morgan fingerprint density at radius 2 is 1.00 bits per heavy atom. The maximum absolute atomic E-state index is 13.2. The van der Waals surface area contributed by atoms with E-state index in [4.69, 9.17) is 10.2 Å². The van der Waals surface area contributed by atoms with E-state index >= 15 is 0 Å². The summed E-state index contributed by atoms with van der Waals surface area (Å²) < 4.78 is 79.2. The fourth-order valence-electron chi connectivity index (χ4n) is 2.12. The lowest BCUT2D eigenvalue weighted by Crippen LogP contribution is -2.11. The zero-order valence-electron chi connectivity index (χ0n) is 13.3. The minimum atomic E-state index is -4.96. The second-order valence-electron chi connectivity index (χ2n) is 5.14. The molecule has 0 unspecified atom stereocenters. The van der Waals surface area contributed by atoms with Gasteiger partial charge in [0, 0.05) is 9.79 Å². The van der Waals surface area contributed by atoms with Gasteiger partial charge in [-0.2, -0.15) is 26.3 Å². The quantitative estimate of drug-likeness (QED) is 0.442. The number of benzene rings is 2. The molecule has 150 valence electrons. The summed E-state index contributed by atoms with van der Waals surface area (Å²) in [5.74, 6) is -3.42. The molecule has 0 spiro atoms. The van der Waals surface area contributed by atoms with Crippen molar-refractivity contribution in [1.29, 1.82) is 0 Å². The lowest BCUT2D eigenvalue weighted by atomic mass is 10.1. The lowest BCUT2D eigenvalue weighted by Gasteiger charge is -2.17. The molecule has 0 bridgehead atoms. The molecule has 0 amide bonds. The van der Waals surface area contributed by atoms with Gasteiger partial charge in [-0.3, -0.25) is 0 Å². The SMILES string of the molecule is O=C(O)c1cccc(C(F)(F)F)c1SSc1c(C(=O)O)cccc1C(F)(F)F. The number of carboxylic acids is 2. The Bertz CT molecular complexity index is 849. The molecule has 0 fully saturated rings. The highest BCUT2D eigenvalue weighted by Gasteiger charge is 2.38. The predicted molar refractivity (Wildman–Crippen MR) is 88.5 cm³/mol. The molecule has 2 rings (SSSR count). The number of hydrogen-bond acceptors (Lipinski definition) is 4. The highest BCUT2D eigenvalue weighted by Crippen LogP contribution is 2.49. The monoisotopic (exact) mass is 442 g/mol. The molecule has 28 heavy (non-hydrogen) atoms. The molecule has 0 saturated heterocycles. The summed E-state index contributed by atoms with van der Waals surface area (Å²) in [4.78, 5) is 20.8. The second-order valence-corrected chi connectivity index (χ2v) is 7.29. The van der Waals surface area contributed by atoms with Crippen LogP contribution in [0.25, 0.3) is 0 Å². The van der Waals surface area contributed by atoms with Crippen LogP contribution in [0.5, 0.6) is 0 Å². The molecule has 0 aromatic heterocycles. The third kappa shape index (κ3) is 4.73. The van der Waals surface area contributed by atoms with Crippen LogP contribution in [-0.2, 0) is 12.4 Å². The van der Waals surface area contributed by atoms with Crippen molar-refractivity contribution in [2.75, 3.05) is 0 Å². The van der Waals surface area contributed by atoms with Crippen LogP contribution in [0.3, 0.4) is 0 Å². The van der Waals surface area contributed by atoms with Crippen LogP contribution in [0.15, 0.2) is 46.2 Å². The molecule has 12 heteroatoms. The van der Waals surface area contributed by atoms with E-state index in [2.05, 4.69) is 0 Å². The van der Waals surface area contributed by atoms with Gasteiger partial charge < -0.3 is 10.2 Å². The van der Waals surface area contributed by atoms with E-state index in [0.29, 0.717) is 12.1 Å². The molecule has 0 aliphatic heterocycles. The molecule has 0 aliphatic carbocycles. The summed E-state index contributed by atoms with van der Waals surface area (Å²) >= 11 is 0. The van der Waals surface area contributed by atoms with Crippen LogP contribution in [0.4, 0.5) is 26.3 Å². The first-order valence-electron chi connectivity index (χ1n) is 7.05. The summed E-state index contributed by atoms with van der Waals surface area (Å²) in [5, 5.41) is 18.2. The van der Waals surface area contributed by atoms with Crippen LogP contribution < -0.4 is 0 Å². The van der Waals surface area contributed by atoms with Crippen LogP contribution in [-0.4, -0.2) is 22.2 Å². The molecule has 0 aliphatic rings. The normalized spacial score (nSPS) is 12.1. The Balaban J connectivity index is 2.59. The summed E-state index contributed by atoms with van der Waals surface area (Å²) in [6.07, 6.45) is -9.93. The molecule has 0 heterocycles. The van der Waals surface area contributed by atoms with Gasteiger partial charge in [0.1, 0.15) is 0 Å². The Labute approximate surface area is 160 Å². The highest BCUT2D eigenvalue weighted by atomic mass is 33.1. The van der Waals surface area contributed by atoms with Gasteiger partial charge in [0.2, 0.25) is 0 Å². The van der Waals surface area contributed by atoms with Crippen molar-refractivity contribution in [3.05, 3.63) is 58.7 Å². The number of carbonyl (C=O) groups is 2. The number of rotatable bonds is 5. The summed E-state index contributed by atoms with van der Waals surface area (Å²) in [5.41, 5.74) is -4.25. The largest absolute Gasteiger partial charge is 0.478 e. The zero-order valence-corrected chi connectivity index (χ0v) is 14.9. The molecule has 2 aromatic rings. The van der Waals surface area contributed by atoms with Gasteiger partial charge in [0.25, 0.3) is 0 Å². The van der Waals surface area contributed by atoms with Crippen molar-refractivity contribution >= 4 is 33.5 Å². The van der Waals surface area contributed by atoms with Crippen LogP contribution in [0.2, 0.25) is 0 Å².